The van der Waals surface area contributed by atoms with Crippen molar-refractivity contribution in [1.82, 2.24) is 19.8 Å². The summed E-state index contributed by atoms with van der Waals surface area (Å²) in [6.45, 7) is 11.0. The van der Waals surface area contributed by atoms with E-state index >= 15 is 0 Å². The molecule has 2 aliphatic rings. The number of piperazine rings is 2. The number of aromatic nitrogens is 2. The van der Waals surface area contributed by atoms with E-state index in [1.54, 1.807) is 6.33 Å². The van der Waals surface area contributed by atoms with Gasteiger partial charge in [0.1, 0.15) is 17.0 Å². The fourth-order valence-corrected chi connectivity index (χ4v) is 6.01. The van der Waals surface area contributed by atoms with Gasteiger partial charge in [0.05, 0.1) is 10.3 Å². The SMILES string of the molecule is Cc1ccc(Cl)cc1N1CCN(C(=O)c2sc3ncnc(N4CCN(C)CC4)c3c2C)CC1. The molecule has 3 aromatic rings. The zero-order valence-electron chi connectivity index (χ0n) is 19.3. The van der Waals surface area contributed by atoms with Crippen LogP contribution in [-0.2, 0) is 0 Å². The molecule has 0 unspecified atom stereocenters. The van der Waals surface area contributed by atoms with Gasteiger partial charge >= 0.3 is 0 Å². The summed E-state index contributed by atoms with van der Waals surface area (Å²) in [7, 11) is 2.15. The summed E-state index contributed by atoms with van der Waals surface area (Å²) in [5.41, 5.74) is 3.36. The Morgan fingerprint density at radius 3 is 2.39 bits per heavy atom. The Morgan fingerprint density at radius 2 is 1.67 bits per heavy atom. The Kier molecular flexibility index (Phi) is 6.16. The molecule has 2 aromatic heterocycles. The third-order valence-electron chi connectivity index (χ3n) is 6.78. The second-order valence-corrected chi connectivity index (χ2v) is 10.4. The first-order chi connectivity index (χ1) is 15.9. The van der Waals surface area contributed by atoms with E-state index in [4.69, 9.17) is 11.6 Å². The van der Waals surface area contributed by atoms with Gasteiger partial charge in [-0.25, -0.2) is 9.97 Å². The van der Waals surface area contributed by atoms with Gasteiger partial charge in [-0.05, 0) is 44.2 Å². The highest BCUT2D eigenvalue weighted by Crippen LogP contribution is 2.36. The van der Waals surface area contributed by atoms with E-state index in [2.05, 4.69) is 44.7 Å². The molecule has 2 aliphatic heterocycles. The molecular formula is C24H29ClN6OS. The van der Waals surface area contributed by atoms with E-state index in [9.17, 15) is 4.79 Å². The summed E-state index contributed by atoms with van der Waals surface area (Å²) in [5.74, 6) is 1.06. The first-order valence-corrected chi connectivity index (χ1v) is 12.6. The Morgan fingerprint density at radius 1 is 0.970 bits per heavy atom. The first kappa shape index (κ1) is 22.4. The van der Waals surface area contributed by atoms with Crippen LogP contribution in [0.2, 0.25) is 5.02 Å². The molecule has 5 rings (SSSR count). The molecule has 2 fully saturated rings. The van der Waals surface area contributed by atoms with E-state index in [0.29, 0.717) is 13.1 Å². The van der Waals surface area contributed by atoms with Crippen LogP contribution in [0.4, 0.5) is 11.5 Å². The number of fused-ring (bicyclic) bond motifs is 1. The average molecular weight is 485 g/mol. The van der Waals surface area contributed by atoms with Crippen LogP contribution >= 0.6 is 22.9 Å². The number of halogens is 1. The Labute approximate surface area is 203 Å². The second kappa shape index (κ2) is 9.08. The number of amides is 1. The topological polar surface area (TPSA) is 55.8 Å². The van der Waals surface area contributed by atoms with Crippen molar-refractivity contribution in [3.8, 4) is 0 Å². The highest BCUT2D eigenvalue weighted by molar-refractivity contribution is 7.20. The van der Waals surface area contributed by atoms with Gasteiger partial charge in [-0.3, -0.25) is 4.79 Å². The smallest absolute Gasteiger partial charge is 0.264 e. The number of carbonyl (C=O) groups excluding carboxylic acids is 1. The number of thiophene rings is 1. The fraction of sp³-hybridized carbons (Fsp3) is 0.458. The van der Waals surface area contributed by atoms with Crippen LogP contribution in [-0.4, -0.2) is 85.1 Å². The number of carbonyl (C=O) groups is 1. The molecule has 0 bridgehead atoms. The minimum absolute atomic E-state index is 0.0993. The summed E-state index contributed by atoms with van der Waals surface area (Å²) in [6.07, 6.45) is 1.63. The Hall–Kier alpha value is -2.42. The Balaban J connectivity index is 1.36. The predicted molar refractivity (Wildman–Crippen MR) is 136 cm³/mol. The van der Waals surface area contributed by atoms with Crippen LogP contribution in [0.1, 0.15) is 20.8 Å². The van der Waals surface area contributed by atoms with Crippen LogP contribution in [0.25, 0.3) is 10.2 Å². The van der Waals surface area contributed by atoms with E-state index < -0.39 is 0 Å². The number of likely N-dealkylation sites (N-methyl/N-ethyl adjacent to an activating group) is 1. The van der Waals surface area contributed by atoms with Crippen molar-refractivity contribution in [3.63, 3.8) is 0 Å². The highest BCUT2D eigenvalue weighted by atomic mass is 35.5. The van der Waals surface area contributed by atoms with E-state index in [-0.39, 0.29) is 5.91 Å². The van der Waals surface area contributed by atoms with Gasteiger partial charge in [0.2, 0.25) is 0 Å². The maximum absolute atomic E-state index is 13.5. The van der Waals surface area contributed by atoms with Gasteiger partial charge in [-0.2, -0.15) is 0 Å². The maximum Gasteiger partial charge on any atom is 0.264 e. The monoisotopic (exact) mass is 484 g/mol. The second-order valence-electron chi connectivity index (χ2n) is 8.93. The normalized spacial score (nSPS) is 17.8. The van der Waals surface area contributed by atoms with Crippen molar-refractivity contribution >= 4 is 50.6 Å². The number of anilines is 2. The molecule has 7 nitrogen and oxygen atoms in total. The molecule has 174 valence electrons. The van der Waals surface area contributed by atoms with Crippen molar-refractivity contribution in [2.45, 2.75) is 13.8 Å². The van der Waals surface area contributed by atoms with Crippen LogP contribution < -0.4 is 9.80 Å². The van der Waals surface area contributed by atoms with Gasteiger partial charge in [0.15, 0.2) is 0 Å². The number of benzene rings is 1. The molecule has 0 radical (unpaired) electrons. The van der Waals surface area contributed by atoms with E-state index in [1.165, 1.54) is 16.9 Å². The zero-order valence-corrected chi connectivity index (χ0v) is 20.9. The minimum Gasteiger partial charge on any atom is -0.368 e. The lowest BCUT2D eigenvalue weighted by Crippen LogP contribution is -2.49. The molecule has 33 heavy (non-hydrogen) atoms. The van der Waals surface area contributed by atoms with Crippen LogP contribution in [0, 0.1) is 13.8 Å². The molecule has 9 heteroatoms. The standard InChI is InChI=1S/C24H29ClN6OS/c1-16-4-5-18(25)14-19(16)29-10-12-31(13-11-29)24(32)21-17(2)20-22(26-15-27-23(20)33-21)30-8-6-28(3)7-9-30/h4-5,14-15H,6-13H2,1-3H3. The van der Waals surface area contributed by atoms with Gasteiger partial charge in [-0.15, -0.1) is 11.3 Å². The van der Waals surface area contributed by atoms with Crippen molar-refractivity contribution in [3.05, 3.63) is 45.6 Å². The highest BCUT2D eigenvalue weighted by Gasteiger charge is 2.28. The van der Waals surface area contributed by atoms with Crippen molar-refractivity contribution < 1.29 is 4.79 Å². The molecule has 2 saturated heterocycles. The number of hydrogen-bond acceptors (Lipinski definition) is 7. The number of rotatable bonds is 3. The molecule has 0 saturated carbocycles. The predicted octanol–water partition coefficient (Wildman–Crippen LogP) is 3.68. The quantitative estimate of drug-likeness (QED) is 0.565. The van der Waals surface area contributed by atoms with Gasteiger partial charge in [0.25, 0.3) is 5.91 Å². The third kappa shape index (κ3) is 4.27. The fourth-order valence-electron chi connectivity index (χ4n) is 4.73. The molecule has 0 N–H and O–H groups in total. The van der Waals surface area contributed by atoms with Crippen molar-refractivity contribution in [1.29, 1.82) is 0 Å². The van der Waals surface area contributed by atoms with Crippen LogP contribution in [0.3, 0.4) is 0 Å². The van der Waals surface area contributed by atoms with Crippen LogP contribution in [0.15, 0.2) is 24.5 Å². The van der Waals surface area contributed by atoms with E-state index in [0.717, 1.165) is 76.5 Å². The van der Waals surface area contributed by atoms with E-state index in [1.807, 2.05) is 24.0 Å². The molecule has 0 aliphatic carbocycles. The minimum atomic E-state index is 0.0993. The third-order valence-corrected chi connectivity index (χ3v) is 8.21. The lowest BCUT2D eigenvalue weighted by molar-refractivity contribution is 0.0751. The number of aryl methyl sites for hydroxylation is 2. The lowest BCUT2D eigenvalue weighted by atomic mass is 10.1. The zero-order chi connectivity index (χ0) is 23.1. The number of hydrogen-bond donors (Lipinski definition) is 0. The van der Waals surface area contributed by atoms with Gasteiger partial charge in [-0.1, -0.05) is 17.7 Å². The van der Waals surface area contributed by atoms with Crippen LogP contribution in [0.5, 0.6) is 0 Å². The molecule has 4 heterocycles. The van der Waals surface area contributed by atoms with Crippen molar-refractivity contribution in [2.24, 2.45) is 0 Å². The summed E-state index contributed by atoms with van der Waals surface area (Å²) in [4.78, 5) is 33.3. The first-order valence-electron chi connectivity index (χ1n) is 11.4. The van der Waals surface area contributed by atoms with Crippen molar-refractivity contribution in [2.75, 3.05) is 69.2 Å². The summed E-state index contributed by atoms with van der Waals surface area (Å²) in [6, 6.07) is 5.99. The molecule has 0 atom stereocenters. The maximum atomic E-state index is 13.5. The average Bonchev–Trinajstić information content (AvgIpc) is 3.17. The summed E-state index contributed by atoms with van der Waals surface area (Å²) >= 11 is 7.72. The molecule has 0 spiro atoms. The molecular weight excluding hydrogens is 456 g/mol. The largest absolute Gasteiger partial charge is 0.368 e. The Bertz CT molecular complexity index is 1180. The van der Waals surface area contributed by atoms with Gasteiger partial charge in [0, 0.05) is 63.1 Å². The lowest BCUT2D eigenvalue weighted by Gasteiger charge is -2.36. The summed E-state index contributed by atoms with van der Waals surface area (Å²) in [5, 5.41) is 1.77. The molecule has 1 amide bonds. The number of nitrogens with zero attached hydrogens (tertiary/aromatic N) is 6. The summed E-state index contributed by atoms with van der Waals surface area (Å²) < 4.78 is 0. The molecule has 1 aromatic carbocycles. The van der Waals surface area contributed by atoms with Gasteiger partial charge < -0.3 is 19.6 Å².